The summed E-state index contributed by atoms with van der Waals surface area (Å²) in [6.45, 7) is 2.09. The van der Waals surface area contributed by atoms with E-state index in [1.54, 1.807) is 0 Å². The van der Waals surface area contributed by atoms with Gasteiger partial charge in [0.05, 0.1) is 5.56 Å². The van der Waals surface area contributed by atoms with Crippen molar-refractivity contribution in [2.75, 3.05) is 23.8 Å². The van der Waals surface area contributed by atoms with Gasteiger partial charge in [0, 0.05) is 34.5 Å². The first-order chi connectivity index (χ1) is 8.04. The Bertz CT molecular complexity index is 437. The summed E-state index contributed by atoms with van der Waals surface area (Å²) in [6, 6.07) is 3.62. The van der Waals surface area contributed by atoms with Gasteiger partial charge in [-0.05, 0) is 18.2 Å². The number of hydrogen-bond acceptors (Lipinski definition) is 3. The molecule has 17 heavy (non-hydrogen) atoms. The third kappa shape index (κ3) is 4.14. The third-order valence-corrected chi connectivity index (χ3v) is 3.50. The molecule has 0 spiro atoms. The lowest BCUT2D eigenvalue weighted by molar-refractivity contribution is 0.0956. The van der Waals surface area contributed by atoms with Crippen LogP contribution in [0.4, 0.5) is 10.1 Å². The van der Waals surface area contributed by atoms with Crippen LogP contribution in [-0.2, 0) is 10.8 Å². The van der Waals surface area contributed by atoms with Crippen molar-refractivity contribution in [2.45, 2.75) is 6.92 Å². The van der Waals surface area contributed by atoms with E-state index in [0.717, 1.165) is 6.07 Å². The first-order valence-electron chi connectivity index (χ1n) is 5.22. The fourth-order valence-electron chi connectivity index (χ4n) is 1.24. The van der Waals surface area contributed by atoms with Crippen LogP contribution in [0.5, 0.6) is 0 Å². The van der Waals surface area contributed by atoms with Crippen LogP contribution in [0, 0.1) is 5.82 Å². The number of anilines is 1. The Kier molecular flexibility index (Phi) is 5.09. The lowest BCUT2D eigenvalue weighted by atomic mass is 10.1. The highest BCUT2D eigenvalue weighted by atomic mass is 32.2. The maximum atomic E-state index is 12.9. The molecule has 4 nitrogen and oxygen atoms in total. The van der Waals surface area contributed by atoms with Crippen LogP contribution in [-0.4, -0.2) is 28.2 Å². The van der Waals surface area contributed by atoms with Gasteiger partial charge in [0.25, 0.3) is 5.91 Å². The van der Waals surface area contributed by atoms with Gasteiger partial charge in [-0.25, -0.2) is 4.39 Å². The molecule has 0 heterocycles. The number of nitrogens with one attached hydrogen (secondary N) is 1. The van der Waals surface area contributed by atoms with E-state index in [9.17, 15) is 13.4 Å². The zero-order valence-corrected chi connectivity index (χ0v) is 10.3. The Morgan fingerprint density at radius 2 is 2.24 bits per heavy atom. The average molecular weight is 258 g/mol. The number of nitrogen functional groups attached to an aromatic ring is 1. The minimum atomic E-state index is -0.930. The van der Waals surface area contributed by atoms with E-state index in [0.29, 0.717) is 11.5 Å². The van der Waals surface area contributed by atoms with Crippen LogP contribution in [0.25, 0.3) is 0 Å². The van der Waals surface area contributed by atoms with Crippen LogP contribution >= 0.6 is 0 Å². The van der Waals surface area contributed by atoms with Gasteiger partial charge in [-0.15, -0.1) is 0 Å². The third-order valence-electron chi connectivity index (χ3n) is 2.20. The van der Waals surface area contributed by atoms with Crippen molar-refractivity contribution in [1.29, 1.82) is 0 Å². The number of carbonyl (C=O) groups excluding carboxylic acids is 1. The molecule has 0 bridgehead atoms. The first kappa shape index (κ1) is 13.6. The predicted molar refractivity (Wildman–Crippen MR) is 66.7 cm³/mol. The van der Waals surface area contributed by atoms with E-state index in [1.165, 1.54) is 12.1 Å². The number of halogens is 1. The van der Waals surface area contributed by atoms with E-state index in [4.69, 9.17) is 5.73 Å². The topological polar surface area (TPSA) is 72.2 Å². The quantitative estimate of drug-likeness (QED) is 0.771. The van der Waals surface area contributed by atoms with Crippen LogP contribution in [0.2, 0.25) is 0 Å². The molecule has 94 valence electrons. The maximum absolute atomic E-state index is 12.9. The predicted octanol–water partition coefficient (Wildman–Crippen LogP) is 0.906. The summed E-state index contributed by atoms with van der Waals surface area (Å²) in [6.07, 6.45) is 0. The highest BCUT2D eigenvalue weighted by Crippen LogP contribution is 2.12. The van der Waals surface area contributed by atoms with Gasteiger partial charge < -0.3 is 11.1 Å². The smallest absolute Gasteiger partial charge is 0.253 e. The molecule has 3 N–H and O–H groups in total. The van der Waals surface area contributed by atoms with Gasteiger partial charge in [0.1, 0.15) is 5.82 Å². The fourth-order valence-corrected chi connectivity index (χ4v) is 1.86. The van der Waals surface area contributed by atoms with Crippen LogP contribution in [0.3, 0.4) is 0 Å². The van der Waals surface area contributed by atoms with E-state index in [2.05, 4.69) is 5.32 Å². The lowest BCUT2D eigenvalue weighted by Gasteiger charge is -2.07. The average Bonchev–Trinajstić information content (AvgIpc) is 2.31. The zero-order chi connectivity index (χ0) is 12.8. The number of amides is 1. The molecule has 1 amide bonds. The molecule has 0 aliphatic carbocycles. The Labute approximate surface area is 102 Å². The minimum absolute atomic E-state index is 0.104. The van der Waals surface area contributed by atoms with Gasteiger partial charge in [-0.3, -0.25) is 9.00 Å². The molecule has 6 heteroatoms. The van der Waals surface area contributed by atoms with E-state index in [-0.39, 0.29) is 17.8 Å². The van der Waals surface area contributed by atoms with Gasteiger partial charge >= 0.3 is 0 Å². The van der Waals surface area contributed by atoms with Gasteiger partial charge in [-0.2, -0.15) is 0 Å². The molecule has 0 fully saturated rings. The molecule has 1 rings (SSSR count). The maximum Gasteiger partial charge on any atom is 0.253 e. The lowest BCUT2D eigenvalue weighted by Crippen LogP contribution is -2.28. The molecule has 1 unspecified atom stereocenters. The molecule has 0 saturated carbocycles. The van der Waals surface area contributed by atoms with Crippen LogP contribution < -0.4 is 11.1 Å². The summed E-state index contributed by atoms with van der Waals surface area (Å²) >= 11 is 0. The van der Waals surface area contributed by atoms with Crippen molar-refractivity contribution in [1.82, 2.24) is 5.32 Å². The minimum Gasteiger partial charge on any atom is -0.398 e. The van der Waals surface area contributed by atoms with Crippen molar-refractivity contribution in [3.05, 3.63) is 29.6 Å². The molecule has 0 aliphatic heterocycles. The Hall–Kier alpha value is -1.43. The summed E-state index contributed by atoms with van der Waals surface area (Å²) in [5, 5.41) is 2.55. The summed E-state index contributed by atoms with van der Waals surface area (Å²) < 4.78 is 24.1. The van der Waals surface area contributed by atoms with Crippen molar-refractivity contribution in [3.63, 3.8) is 0 Å². The summed E-state index contributed by atoms with van der Waals surface area (Å²) in [7, 11) is -0.930. The monoisotopic (exact) mass is 258 g/mol. The van der Waals surface area contributed by atoms with Crippen molar-refractivity contribution in [3.8, 4) is 0 Å². The zero-order valence-electron chi connectivity index (χ0n) is 9.53. The molecule has 0 radical (unpaired) electrons. The summed E-state index contributed by atoms with van der Waals surface area (Å²) in [5.74, 6) is -0.0216. The molecule has 0 aromatic heterocycles. The number of benzene rings is 1. The first-order valence-corrected chi connectivity index (χ1v) is 6.71. The molecule has 1 aromatic rings. The van der Waals surface area contributed by atoms with Gasteiger partial charge in [0.2, 0.25) is 0 Å². The molecule has 1 atom stereocenters. The Morgan fingerprint density at radius 1 is 1.53 bits per heavy atom. The highest BCUT2D eigenvalue weighted by molar-refractivity contribution is 7.84. The molecule has 0 saturated heterocycles. The number of nitrogens with two attached hydrogens (primary N) is 1. The summed E-state index contributed by atoms with van der Waals surface area (Å²) in [5.41, 5.74) is 5.89. The second-order valence-corrected chi connectivity index (χ2v) is 5.29. The normalized spacial score (nSPS) is 12.1. The Balaban J connectivity index is 2.58. The van der Waals surface area contributed by atoms with E-state index >= 15 is 0 Å². The SMILES string of the molecule is CCS(=O)CCNC(=O)c1cc(F)ccc1N. The van der Waals surface area contributed by atoms with Gasteiger partial charge in [0.15, 0.2) is 0 Å². The number of hydrogen-bond donors (Lipinski definition) is 2. The fraction of sp³-hybridized carbons (Fsp3) is 0.364. The summed E-state index contributed by atoms with van der Waals surface area (Å²) in [4.78, 5) is 11.6. The van der Waals surface area contributed by atoms with E-state index < -0.39 is 22.5 Å². The van der Waals surface area contributed by atoms with Crippen molar-refractivity contribution >= 4 is 22.4 Å². The van der Waals surface area contributed by atoms with Crippen molar-refractivity contribution < 1.29 is 13.4 Å². The largest absolute Gasteiger partial charge is 0.398 e. The van der Waals surface area contributed by atoms with Crippen LogP contribution in [0.15, 0.2) is 18.2 Å². The highest BCUT2D eigenvalue weighted by Gasteiger charge is 2.10. The van der Waals surface area contributed by atoms with Gasteiger partial charge in [-0.1, -0.05) is 6.92 Å². The van der Waals surface area contributed by atoms with Crippen molar-refractivity contribution in [2.24, 2.45) is 0 Å². The van der Waals surface area contributed by atoms with Crippen LogP contribution in [0.1, 0.15) is 17.3 Å². The second kappa shape index (κ2) is 6.34. The molecular formula is C11H15FN2O2S. The van der Waals surface area contributed by atoms with E-state index in [1.807, 2.05) is 6.92 Å². The molecular weight excluding hydrogens is 243 g/mol. The second-order valence-electron chi connectivity index (χ2n) is 3.42. The molecule has 0 aliphatic rings. The standard InChI is InChI=1S/C11H15FN2O2S/c1-2-17(16)6-5-14-11(15)9-7-8(12)3-4-10(9)13/h3-4,7H,2,5-6,13H2,1H3,(H,14,15). The number of rotatable bonds is 5. The Morgan fingerprint density at radius 3 is 2.88 bits per heavy atom. The molecule has 1 aromatic carbocycles. The number of carbonyl (C=O) groups is 1.